The molecule has 1 aromatic carbocycles. The summed E-state index contributed by atoms with van der Waals surface area (Å²) in [5.41, 5.74) is 2.30. The smallest absolute Gasteiger partial charge is 0.328 e. The molecule has 3 atom stereocenters. The Bertz CT molecular complexity index is 916. The maximum Gasteiger partial charge on any atom is 0.328 e. The van der Waals surface area contributed by atoms with Crippen molar-refractivity contribution in [1.82, 2.24) is 24.9 Å². The molecular weight excluding hydrogens is 412 g/mol. The lowest BCUT2D eigenvalue weighted by atomic mass is 10.1. The van der Waals surface area contributed by atoms with Gasteiger partial charge in [-0.15, -0.1) is 0 Å². The molecule has 2 saturated heterocycles. The molecule has 32 heavy (non-hydrogen) atoms. The molecule has 3 heterocycles. The molecule has 0 spiro atoms. The Morgan fingerprint density at radius 1 is 1.19 bits per heavy atom. The van der Waals surface area contributed by atoms with Gasteiger partial charge in [0.25, 0.3) is 5.91 Å². The average Bonchev–Trinajstić information content (AvgIpc) is 3.17. The first-order valence-corrected chi connectivity index (χ1v) is 11.0. The molecule has 10 heteroatoms. The minimum Gasteiger partial charge on any atom is -0.491 e. The van der Waals surface area contributed by atoms with Gasteiger partial charge in [0.1, 0.15) is 18.5 Å². The Labute approximate surface area is 188 Å². The predicted octanol–water partition coefficient (Wildman–Crippen LogP) is -0.162. The third-order valence-corrected chi connectivity index (χ3v) is 6.42. The molecule has 0 aliphatic carbocycles. The Morgan fingerprint density at radius 3 is 2.59 bits per heavy atom. The van der Waals surface area contributed by atoms with Crippen LogP contribution in [-0.4, -0.2) is 114 Å². The Morgan fingerprint density at radius 2 is 1.91 bits per heavy atom. The number of rotatable bonds is 5. The number of aliphatic hydroxyl groups excluding tert-OH is 1. The highest BCUT2D eigenvalue weighted by molar-refractivity contribution is 6.03. The van der Waals surface area contributed by atoms with Gasteiger partial charge in [0, 0.05) is 40.3 Å². The van der Waals surface area contributed by atoms with E-state index in [4.69, 9.17) is 9.73 Å². The maximum atomic E-state index is 13.1. The number of hydrogen-bond donors (Lipinski definition) is 2. The zero-order chi connectivity index (χ0) is 23.0. The Balaban J connectivity index is 1.51. The molecule has 3 amide bonds. The molecule has 10 nitrogen and oxygen atoms in total. The van der Waals surface area contributed by atoms with Crippen molar-refractivity contribution in [2.45, 2.75) is 32.2 Å². The number of likely N-dealkylation sites (N-methyl/N-ethyl adjacent to an activating group) is 2. The SMILES string of the molecule is Cc1ccc(OCC(O)CN2C(N3CCNCC3)=NC3C2C(=O)N(C)C(=O)N3C)cc1C. The largest absolute Gasteiger partial charge is 0.491 e. The van der Waals surface area contributed by atoms with E-state index in [1.54, 1.807) is 7.05 Å². The lowest BCUT2D eigenvalue weighted by Crippen LogP contribution is -2.65. The number of aryl methyl sites for hydroxylation is 2. The minimum absolute atomic E-state index is 0.0873. The van der Waals surface area contributed by atoms with Crippen LogP contribution >= 0.6 is 0 Å². The monoisotopic (exact) mass is 444 g/mol. The molecule has 1 aromatic rings. The second-order valence-electron chi connectivity index (χ2n) is 8.68. The van der Waals surface area contributed by atoms with E-state index in [9.17, 15) is 14.7 Å². The van der Waals surface area contributed by atoms with Crippen LogP contribution in [0, 0.1) is 13.8 Å². The highest BCUT2D eigenvalue weighted by Crippen LogP contribution is 2.28. The van der Waals surface area contributed by atoms with Crippen LogP contribution in [-0.2, 0) is 4.79 Å². The molecule has 0 saturated carbocycles. The van der Waals surface area contributed by atoms with Crippen molar-refractivity contribution in [2.75, 3.05) is 53.4 Å². The van der Waals surface area contributed by atoms with E-state index in [0.29, 0.717) is 11.7 Å². The van der Waals surface area contributed by atoms with Crippen LogP contribution in [0.25, 0.3) is 0 Å². The van der Waals surface area contributed by atoms with Gasteiger partial charge in [0.2, 0.25) is 0 Å². The highest BCUT2D eigenvalue weighted by atomic mass is 16.5. The number of hydrogen-bond acceptors (Lipinski definition) is 8. The van der Waals surface area contributed by atoms with Gasteiger partial charge in [0.15, 0.2) is 18.2 Å². The number of aliphatic hydroxyl groups is 1. The number of urea groups is 1. The molecule has 0 bridgehead atoms. The van der Waals surface area contributed by atoms with Gasteiger partial charge >= 0.3 is 6.03 Å². The number of carbonyl (C=O) groups is 2. The Hall–Kier alpha value is -2.85. The van der Waals surface area contributed by atoms with E-state index in [-0.39, 0.29) is 25.1 Å². The molecule has 3 aliphatic rings. The number of benzene rings is 1. The van der Waals surface area contributed by atoms with Crippen molar-refractivity contribution in [2.24, 2.45) is 4.99 Å². The van der Waals surface area contributed by atoms with Crippen LogP contribution in [0.2, 0.25) is 0 Å². The van der Waals surface area contributed by atoms with Gasteiger partial charge in [-0.1, -0.05) is 6.07 Å². The number of piperazine rings is 1. The summed E-state index contributed by atoms with van der Waals surface area (Å²) in [7, 11) is 3.14. The molecule has 0 radical (unpaired) electrons. The molecule has 3 aliphatic heterocycles. The number of ether oxygens (including phenoxy) is 1. The molecule has 0 aromatic heterocycles. The van der Waals surface area contributed by atoms with Crippen LogP contribution in [0.15, 0.2) is 23.2 Å². The second kappa shape index (κ2) is 8.95. The quantitative estimate of drug-likeness (QED) is 0.651. The summed E-state index contributed by atoms with van der Waals surface area (Å²) in [6, 6.07) is 4.78. The van der Waals surface area contributed by atoms with Crippen molar-refractivity contribution in [1.29, 1.82) is 0 Å². The first-order valence-electron chi connectivity index (χ1n) is 11.0. The number of carbonyl (C=O) groups excluding carboxylic acids is 2. The van der Waals surface area contributed by atoms with Gasteiger partial charge in [-0.25, -0.2) is 9.79 Å². The van der Waals surface area contributed by atoms with Gasteiger partial charge in [-0.05, 0) is 37.1 Å². The highest BCUT2D eigenvalue weighted by Gasteiger charge is 2.52. The van der Waals surface area contributed by atoms with Gasteiger partial charge < -0.3 is 29.9 Å². The summed E-state index contributed by atoms with van der Waals surface area (Å²) < 4.78 is 5.82. The van der Waals surface area contributed by atoms with Crippen molar-refractivity contribution in [3.63, 3.8) is 0 Å². The zero-order valence-electron chi connectivity index (χ0n) is 19.1. The normalized spacial score (nSPS) is 24.6. The number of fused-ring (bicyclic) bond motifs is 1. The van der Waals surface area contributed by atoms with Crippen molar-refractivity contribution >= 4 is 17.9 Å². The molecule has 3 unspecified atom stereocenters. The topological polar surface area (TPSA) is 101 Å². The number of nitrogens with one attached hydrogen (secondary N) is 1. The van der Waals surface area contributed by atoms with Crippen LogP contribution in [0.4, 0.5) is 4.79 Å². The van der Waals surface area contributed by atoms with E-state index < -0.39 is 18.3 Å². The van der Waals surface area contributed by atoms with Crippen LogP contribution in [0.5, 0.6) is 5.75 Å². The van der Waals surface area contributed by atoms with Gasteiger partial charge in [-0.3, -0.25) is 9.69 Å². The van der Waals surface area contributed by atoms with E-state index in [0.717, 1.165) is 36.6 Å². The standard InChI is InChI=1S/C22H32N6O4/c1-14-5-6-17(11-15(14)2)32-13-16(29)12-28-18-19(25(3)22(31)26(4)20(18)30)24-21(28)27-9-7-23-8-10-27/h5-6,11,16,18-19,23,29H,7-10,12-13H2,1-4H3. The molecule has 174 valence electrons. The lowest BCUT2D eigenvalue weighted by Gasteiger charge is -2.41. The third kappa shape index (κ3) is 4.12. The van der Waals surface area contributed by atoms with Crippen molar-refractivity contribution in [3.05, 3.63) is 29.3 Å². The number of nitrogens with zero attached hydrogens (tertiary/aromatic N) is 5. The van der Waals surface area contributed by atoms with Crippen molar-refractivity contribution < 1.29 is 19.4 Å². The third-order valence-electron chi connectivity index (χ3n) is 6.42. The zero-order valence-corrected chi connectivity index (χ0v) is 19.1. The summed E-state index contributed by atoms with van der Waals surface area (Å²) in [5.74, 6) is 1.03. The average molecular weight is 445 g/mol. The lowest BCUT2D eigenvalue weighted by molar-refractivity contribution is -0.136. The van der Waals surface area contributed by atoms with E-state index in [2.05, 4.69) is 10.2 Å². The van der Waals surface area contributed by atoms with E-state index >= 15 is 0 Å². The summed E-state index contributed by atoms with van der Waals surface area (Å²) >= 11 is 0. The van der Waals surface area contributed by atoms with Crippen molar-refractivity contribution in [3.8, 4) is 5.75 Å². The van der Waals surface area contributed by atoms with E-state index in [1.807, 2.05) is 36.9 Å². The first-order chi connectivity index (χ1) is 15.3. The number of β-amino-alcohol motifs (C(OH)–C–C–N with tert-alkyl or cyclic N) is 1. The number of guanidine groups is 1. The predicted molar refractivity (Wildman–Crippen MR) is 120 cm³/mol. The van der Waals surface area contributed by atoms with Crippen LogP contribution in [0.3, 0.4) is 0 Å². The van der Waals surface area contributed by atoms with Crippen LogP contribution in [0.1, 0.15) is 11.1 Å². The number of aliphatic imine (C=N–C) groups is 1. The van der Waals surface area contributed by atoms with Gasteiger partial charge in [-0.2, -0.15) is 0 Å². The fraction of sp³-hybridized carbons (Fsp3) is 0.591. The minimum atomic E-state index is -0.843. The molecular formula is C22H32N6O4. The Kier molecular flexibility index (Phi) is 6.25. The molecule has 2 fully saturated rings. The summed E-state index contributed by atoms with van der Waals surface area (Å²) in [5, 5.41) is 14.1. The summed E-state index contributed by atoms with van der Waals surface area (Å²) in [6.07, 6.45) is -1.45. The van der Waals surface area contributed by atoms with Crippen LogP contribution < -0.4 is 10.1 Å². The van der Waals surface area contributed by atoms with E-state index in [1.165, 1.54) is 17.5 Å². The molecule has 2 N–H and O–H groups in total. The summed E-state index contributed by atoms with van der Waals surface area (Å²) in [4.78, 5) is 36.8. The number of imide groups is 1. The van der Waals surface area contributed by atoms with Gasteiger partial charge in [0.05, 0.1) is 6.54 Å². The summed E-state index contributed by atoms with van der Waals surface area (Å²) in [6.45, 7) is 7.42. The fourth-order valence-corrected chi connectivity index (χ4v) is 4.35. The molecule has 4 rings (SSSR count). The first kappa shape index (κ1) is 22.3. The number of amides is 3. The second-order valence-corrected chi connectivity index (χ2v) is 8.68. The maximum absolute atomic E-state index is 13.1. The fourth-order valence-electron chi connectivity index (χ4n) is 4.35.